The molecule has 0 fully saturated rings. The maximum atomic E-state index is 12.0. The lowest BCUT2D eigenvalue weighted by Gasteiger charge is -2.16. The maximum Gasteiger partial charge on any atom is 0.407 e. The zero-order valence-electron chi connectivity index (χ0n) is 14.8. The van der Waals surface area contributed by atoms with Crippen molar-refractivity contribution < 1.29 is 19.1 Å². The highest BCUT2D eigenvalue weighted by Gasteiger charge is 2.20. The third kappa shape index (κ3) is 7.09. The van der Waals surface area contributed by atoms with Crippen molar-refractivity contribution in [3.63, 3.8) is 0 Å². The average molecular weight is 424 g/mol. The van der Waals surface area contributed by atoms with Gasteiger partial charge in [-0.25, -0.2) is 4.79 Å². The van der Waals surface area contributed by atoms with E-state index in [2.05, 4.69) is 10.6 Å². The summed E-state index contributed by atoms with van der Waals surface area (Å²) in [6, 6.07) is 12.9. The Bertz CT molecular complexity index is 846. The Labute approximate surface area is 172 Å². The number of alkyl carbamates (subject to hydrolysis) is 1. The number of carbonyl (C=O) groups excluding carboxylic acids is 3. The van der Waals surface area contributed by atoms with Gasteiger partial charge in [0.15, 0.2) is 0 Å². The van der Waals surface area contributed by atoms with Crippen LogP contribution in [0.1, 0.15) is 11.1 Å². The van der Waals surface area contributed by atoms with Crippen molar-refractivity contribution in [1.29, 1.82) is 0 Å². The fourth-order valence-corrected chi connectivity index (χ4v) is 2.79. The molecule has 0 spiro atoms. The molecule has 148 valence electrons. The van der Waals surface area contributed by atoms with Crippen LogP contribution in [-0.2, 0) is 27.4 Å². The molecule has 9 heteroatoms. The minimum absolute atomic E-state index is 0.0767. The van der Waals surface area contributed by atoms with Gasteiger partial charge in [0.05, 0.1) is 0 Å². The van der Waals surface area contributed by atoms with Crippen LogP contribution >= 0.6 is 23.2 Å². The van der Waals surface area contributed by atoms with Gasteiger partial charge >= 0.3 is 6.09 Å². The van der Waals surface area contributed by atoms with Gasteiger partial charge in [-0.15, -0.1) is 0 Å². The minimum atomic E-state index is -0.992. The largest absolute Gasteiger partial charge is 0.445 e. The summed E-state index contributed by atoms with van der Waals surface area (Å²) < 4.78 is 5.00. The summed E-state index contributed by atoms with van der Waals surface area (Å²) in [6.07, 6.45) is -0.661. The molecule has 0 aromatic heterocycles. The first-order valence-electron chi connectivity index (χ1n) is 8.32. The molecule has 7 nitrogen and oxygen atoms in total. The molecule has 0 saturated carbocycles. The van der Waals surface area contributed by atoms with Crippen LogP contribution in [-0.4, -0.2) is 30.5 Å². The number of benzene rings is 2. The van der Waals surface area contributed by atoms with Gasteiger partial charge in [0.25, 0.3) is 0 Å². The summed E-state index contributed by atoms with van der Waals surface area (Å²) in [5.74, 6) is -1.32. The van der Waals surface area contributed by atoms with Crippen molar-refractivity contribution in [2.24, 2.45) is 5.73 Å². The Morgan fingerprint density at radius 2 is 1.79 bits per heavy atom. The van der Waals surface area contributed by atoms with Crippen LogP contribution in [0.5, 0.6) is 0 Å². The predicted molar refractivity (Wildman–Crippen MR) is 106 cm³/mol. The quantitative estimate of drug-likeness (QED) is 0.605. The molecule has 2 aromatic rings. The Kier molecular flexibility index (Phi) is 8.10. The first kappa shape index (κ1) is 21.5. The Morgan fingerprint density at radius 1 is 1.07 bits per heavy atom. The van der Waals surface area contributed by atoms with Crippen LogP contribution in [0.3, 0.4) is 0 Å². The van der Waals surface area contributed by atoms with E-state index in [9.17, 15) is 14.4 Å². The maximum absolute atomic E-state index is 12.0. The normalized spacial score (nSPS) is 11.4. The van der Waals surface area contributed by atoms with E-state index in [1.165, 1.54) is 6.07 Å². The highest BCUT2D eigenvalue weighted by atomic mass is 35.5. The molecule has 0 aliphatic heterocycles. The van der Waals surface area contributed by atoms with Gasteiger partial charge in [-0.3, -0.25) is 9.59 Å². The molecule has 0 bridgehead atoms. The average Bonchev–Trinajstić information content (AvgIpc) is 2.66. The van der Waals surface area contributed by atoms with E-state index in [1.807, 2.05) is 18.2 Å². The first-order valence-corrected chi connectivity index (χ1v) is 9.08. The highest BCUT2D eigenvalue weighted by Crippen LogP contribution is 2.22. The highest BCUT2D eigenvalue weighted by molar-refractivity contribution is 6.35. The number of hydrogen-bond acceptors (Lipinski definition) is 4. The van der Waals surface area contributed by atoms with E-state index < -0.39 is 23.9 Å². The smallest absolute Gasteiger partial charge is 0.407 e. The topological polar surface area (TPSA) is 111 Å². The van der Waals surface area contributed by atoms with Gasteiger partial charge in [-0.05, 0) is 23.3 Å². The standard InChI is InChI=1S/C19H19Cl2N3O4/c20-14-7-6-13(15(21)9-14)8-16(18(22)26)24-17(25)10-23-19(27)28-11-12-4-2-1-3-5-12/h1-7,9,16H,8,10-11H2,(H2,22,26)(H,23,27)(H,24,25)/t16-/m1/s1. The van der Waals surface area contributed by atoms with Gasteiger partial charge in [0.1, 0.15) is 19.2 Å². The number of primary amides is 1. The SMILES string of the molecule is NC(=O)[C@@H](Cc1ccc(Cl)cc1Cl)NC(=O)CNC(=O)OCc1ccccc1. The second-order valence-electron chi connectivity index (χ2n) is 5.88. The van der Waals surface area contributed by atoms with Crippen LogP contribution < -0.4 is 16.4 Å². The molecule has 3 amide bonds. The van der Waals surface area contributed by atoms with Crippen molar-refractivity contribution in [3.05, 3.63) is 69.7 Å². The Hall–Kier alpha value is -2.77. The lowest BCUT2D eigenvalue weighted by Crippen LogP contribution is -2.49. The lowest BCUT2D eigenvalue weighted by atomic mass is 10.1. The third-order valence-corrected chi connectivity index (χ3v) is 4.31. The number of nitrogens with two attached hydrogens (primary N) is 1. The molecule has 2 rings (SSSR count). The second kappa shape index (κ2) is 10.5. The molecule has 0 radical (unpaired) electrons. The summed E-state index contributed by atoms with van der Waals surface area (Å²) in [4.78, 5) is 35.3. The van der Waals surface area contributed by atoms with Crippen molar-refractivity contribution in [1.82, 2.24) is 10.6 Å². The van der Waals surface area contributed by atoms with Crippen molar-refractivity contribution in [2.75, 3.05) is 6.54 Å². The van der Waals surface area contributed by atoms with Crippen LogP contribution in [0.4, 0.5) is 4.79 Å². The minimum Gasteiger partial charge on any atom is -0.445 e. The molecular weight excluding hydrogens is 405 g/mol. The van der Waals surface area contributed by atoms with Crippen molar-refractivity contribution in [3.8, 4) is 0 Å². The fraction of sp³-hybridized carbons (Fsp3) is 0.211. The van der Waals surface area contributed by atoms with Gasteiger partial charge in [0, 0.05) is 16.5 Å². The summed E-state index contributed by atoms with van der Waals surface area (Å²) in [6.45, 7) is -0.293. The molecule has 0 aliphatic carbocycles. The van der Waals surface area contributed by atoms with Crippen LogP contribution in [0.2, 0.25) is 10.0 Å². The van der Waals surface area contributed by atoms with Gasteiger partial charge in [0.2, 0.25) is 11.8 Å². The van der Waals surface area contributed by atoms with Crippen LogP contribution in [0.25, 0.3) is 0 Å². The molecule has 0 heterocycles. The number of ether oxygens (including phenoxy) is 1. The number of hydrogen-bond donors (Lipinski definition) is 3. The Balaban J connectivity index is 1.81. The van der Waals surface area contributed by atoms with Crippen LogP contribution in [0.15, 0.2) is 48.5 Å². The lowest BCUT2D eigenvalue weighted by molar-refractivity contribution is -0.126. The van der Waals surface area contributed by atoms with Crippen molar-refractivity contribution in [2.45, 2.75) is 19.1 Å². The van der Waals surface area contributed by atoms with Gasteiger partial charge < -0.3 is 21.1 Å². The zero-order chi connectivity index (χ0) is 20.5. The zero-order valence-corrected chi connectivity index (χ0v) is 16.3. The van der Waals surface area contributed by atoms with Gasteiger partial charge in [-0.2, -0.15) is 0 Å². The summed E-state index contributed by atoms with van der Waals surface area (Å²) in [5.41, 5.74) is 6.76. The van der Waals surface area contributed by atoms with E-state index in [1.54, 1.807) is 24.3 Å². The van der Waals surface area contributed by atoms with Gasteiger partial charge in [-0.1, -0.05) is 59.6 Å². The van der Waals surface area contributed by atoms with Crippen LogP contribution in [0, 0.1) is 0 Å². The number of amides is 3. The monoisotopic (exact) mass is 423 g/mol. The molecule has 1 atom stereocenters. The molecule has 0 saturated heterocycles. The molecule has 0 unspecified atom stereocenters. The molecule has 0 aliphatic rings. The van der Waals surface area contributed by atoms with E-state index in [0.29, 0.717) is 15.6 Å². The number of halogens is 2. The summed E-state index contributed by atoms with van der Waals surface area (Å²) in [7, 11) is 0. The van der Waals surface area contributed by atoms with Crippen molar-refractivity contribution >= 4 is 41.1 Å². The fourth-order valence-electron chi connectivity index (χ4n) is 2.30. The summed E-state index contributed by atoms with van der Waals surface area (Å²) >= 11 is 11.9. The number of nitrogens with one attached hydrogen (secondary N) is 2. The molecule has 28 heavy (non-hydrogen) atoms. The molecular formula is C19H19Cl2N3O4. The molecule has 2 aromatic carbocycles. The number of carbonyl (C=O) groups is 3. The second-order valence-corrected chi connectivity index (χ2v) is 6.72. The predicted octanol–water partition coefficient (Wildman–Crippen LogP) is 2.43. The Morgan fingerprint density at radius 3 is 2.43 bits per heavy atom. The summed E-state index contributed by atoms with van der Waals surface area (Å²) in [5, 5.41) is 5.58. The third-order valence-electron chi connectivity index (χ3n) is 3.72. The first-order chi connectivity index (χ1) is 13.3. The van der Waals surface area contributed by atoms with E-state index in [4.69, 9.17) is 33.7 Å². The van der Waals surface area contributed by atoms with E-state index in [-0.39, 0.29) is 19.6 Å². The van der Waals surface area contributed by atoms with E-state index >= 15 is 0 Å². The van der Waals surface area contributed by atoms with E-state index in [0.717, 1.165) is 5.56 Å². The molecule has 4 N–H and O–H groups in total. The number of rotatable bonds is 8.